The maximum absolute atomic E-state index is 5.15. The summed E-state index contributed by atoms with van der Waals surface area (Å²) < 4.78 is 3.65. The number of halogens is 3. The molecule has 0 saturated heterocycles. The van der Waals surface area contributed by atoms with Gasteiger partial charge in [-0.15, -0.1) is 0 Å². The van der Waals surface area contributed by atoms with Crippen molar-refractivity contribution >= 4 is 73.5 Å². The van der Waals surface area contributed by atoms with Crippen LogP contribution >= 0.6 is 67.8 Å². The van der Waals surface area contributed by atoms with Crippen LogP contribution in [-0.4, -0.2) is 0 Å². The summed E-state index contributed by atoms with van der Waals surface area (Å²) in [5, 5.41) is 3.62. The molecule has 0 amide bonds. The lowest BCUT2D eigenvalue weighted by Crippen LogP contribution is -2.22. The van der Waals surface area contributed by atoms with Gasteiger partial charge in [0, 0.05) is 10.7 Å². The molecule has 0 heterocycles. The molecular formula is C6H4I3N2+. The lowest BCUT2D eigenvalue weighted by Gasteiger charge is -1.98. The Morgan fingerprint density at radius 2 is 1.55 bits per heavy atom. The molecule has 1 aromatic carbocycles. The van der Waals surface area contributed by atoms with Crippen LogP contribution in [0.15, 0.2) is 17.2 Å². The average Bonchev–Trinajstić information content (AvgIpc) is 1.99. The van der Waals surface area contributed by atoms with Crippen LogP contribution < -0.4 is 5.53 Å². The zero-order valence-electron chi connectivity index (χ0n) is 5.31. The number of benzene rings is 1. The van der Waals surface area contributed by atoms with E-state index in [0.717, 1.165) is 5.69 Å². The van der Waals surface area contributed by atoms with Crippen molar-refractivity contribution in [2.75, 3.05) is 0 Å². The molecule has 1 rings (SSSR count). The number of hydrogen-bond acceptors (Lipinski definition) is 1. The largest absolute Gasteiger partial charge is 0.152 e. The Balaban J connectivity index is 3.31. The van der Waals surface area contributed by atoms with E-state index in [1.807, 2.05) is 12.1 Å². The Hall–Kier alpha value is 1.01. The van der Waals surface area contributed by atoms with E-state index < -0.39 is 0 Å². The van der Waals surface area contributed by atoms with Gasteiger partial charge >= 0.3 is 0 Å². The van der Waals surface area contributed by atoms with Crippen molar-refractivity contribution < 1.29 is 5.53 Å². The maximum atomic E-state index is 5.15. The summed E-state index contributed by atoms with van der Waals surface area (Å²) in [4.78, 5) is 0. The summed E-state index contributed by atoms with van der Waals surface area (Å²) in [6.07, 6.45) is 0. The summed E-state index contributed by atoms with van der Waals surface area (Å²) >= 11 is 6.85. The van der Waals surface area contributed by atoms with Gasteiger partial charge in [-0.25, -0.2) is 0 Å². The van der Waals surface area contributed by atoms with E-state index in [0.29, 0.717) is 0 Å². The Labute approximate surface area is 105 Å². The number of nitrogens with zero attached hydrogens (tertiary/aromatic N) is 1. The van der Waals surface area contributed by atoms with Crippen molar-refractivity contribution in [2.45, 2.75) is 0 Å². The van der Waals surface area contributed by atoms with E-state index in [2.05, 4.69) is 72.9 Å². The quantitative estimate of drug-likeness (QED) is 0.361. The van der Waals surface area contributed by atoms with E-state index in [-0.39, 0.29) is 0 Å². The van der Waals surface area contributed by atoms with Crippen molar-refractivity contribution in [3.05, 3.63) is 22.8 Å². The molecule has 0 aliphatic heterocycles. The van der Waals surface area contributed by atoms with Gasteiger partial charge in [0.05, 0.1) is 0 Å². The van der Waals surface area contributed by atoms with Crippen LogP contribution in [0.4, 0.5) is 5.69 Å². The fourth-order valence-electron chi connectivity index (χ4n) is 0.617. The Bertz CT molecular complexity index is 275. The van der Waals surface area contributed by atoms with E-state index in [4.69, 9.17) is 5.53 Å². The van der Waals surface area contributed by atoms with Crippen LogP contribution in [0.2, 0.25) is 0 Å². The molecule has 11 heavy (non-hydrogen) atoms. The van der Waals surface area contributed by atoms with Crippen molar-refractivity contribution in [2.24, 2.45) is 5.11 Å². The molecule has 0 spiro atoms. The van der Waals surface area contributed by atoms with Gasteiger partial charge in [0.25, 0.3) is 0 Å². The van der Waals surface area contributed by atoms with Gasteiger partial charge in [0.2, 0.25) is 0 Å². The maximum Gasteiger partial charge on any atom is 0.132 e. The van der Waals surface area contributed by atoms with Gasteiger partial charge in [-0.3, -0.25) is 0 Å². The lowest BCUT2D eigenvalue weighted by atomic mass is 10.3. The molecule has 5 heteroatoms. The minimum Gasteiger partial charge on any atom is -0.152 e. The highest BCUT2D eigenvalue weighted by atomic mass is 127. The highest BCUT2D eigenvalue weighted by Gasteiger charge is 2.04. The molecule has 1 aromatic rings. The second kappa shape index (κ2) is 4.30. The van der Waals surface area contributed by atoms with Crippen LogP contribution in [0.25, 0.3) is 0 Å². The fourth-order valence-corrected chi connectivity index (χ4v) is 2.66. The molecule has 0 fully saturated rings. The molecule has 0 unspecified atom stereocenters. The average molecular weight is 485 g/mol. The van der Waals surface area contributed by atoms with Gasteiger partial charge < -0.3 is 0 Å². The normalized spacial score (nSPS) is 9.73. The topological polar surface area (TPSA) is 38.0 Å². The zero-order chi connectivity index (χ0) is 8.43. The molecule has 2 nitrogen and oxygen atoms in total. The second-order valence-electron chi connectivity index (χ2n) is 1.85. The Kier molecular flexibility index (Phi) is 3.95. The highest BCUT2D eigenvalue weighted by Crippen LogP contribution is 2.26. The van der Waals surface area contributed by atoms with Crippen molar-refractivity contribution in [3.63, 3.8) is 0 Å². The monoisotopic (exact) mass is 485 g/mol. The van der Waals surface area contributed by atoms with Crippen molar-refractivity contribution in [1.82, 2.24) is 0 Å². The molecule has 0 aliphatic carbocycles. The zero-order valence-corrected chi connectivity index (χ0v) is 11.8. The predicted molar refractivity (Wildman–Crippen MR) is 68.6 cm³/mol. The van der Waals surface area contributed by atoms with Crippen LogP contribution in [0.1, 0.15) is 0 Å². The molecule has 0 saturated carbocycles. The van der Waals surface area contributed by atoms with Gasteiger partial charge in [-0.05, 0) is 85.0 Å². The molecule has 0 radical (unpaired) electrons. The third-order valence-corrected chi connectivity index (χ3v) is 6.05. The molecule has 0 aliphatic rings. The Morgan fingerprint density at radius 1 is 1.09 bits per heavy atom. The van der Waals surface area contributed by atoms with Crippen LogP contribution in [0.3, 0.4) is 0 Å². The van der Waals surface area contributed by atoms with E-state index >= 15 is 0 Å². The SMILES string of the molecule is [NH2+]=Nc1cc(I)c(I)c(I)c1. The first kappa shape index (κ1) is 10.1. The molecule has 0 atom stereocenters. The summed E-state index contributed by atoms with van der Waals surface area (Å²) in [6, 6.07) is 3.93. The molecule has 0 bridgehead atoms. The van der Waals surface area contributed by atoms with Gasteiger partial charge in [-0.1, -0.05) is 0 Å². The summed E-state index contributed by atoms with van der Waals surface area (Å²) in [5.41, 5.74) is 5.99. The smallest absolute Gasteiger partial charge is 0.132 e. The number of nitrogens with two attached hydrogens (primary N) is 1. The summed E-state index contributed by atoms with van der Waals surface area (Å²) in [5.74, 6) is 0. The minimum absolute atomic E-state index is 0.833. The van der Waals surface area contributed by atoms with E-state index in [9.17, 15) is 0 Å². The first-order valence-electron chi connectivity index (χ1n) is 2.70. The lowest BCUT2D eigenvalue weighted by molar-refractivity contribution is -0.210. The van der Waals surface area contributed by atoms with Crippen LogP contribution in [-0.2, 0) is 0 Å². The number of rotatable bonds is 1. The standard InChI is InChI=1S/C6H3I3N2/c7-4-1-3(11-10)2-5(8)6(4)9/h1-2,10H/p+1. The van der Waals surface area contributed by atoms with Crippen LogP contribution in [0, 0.1) is 10.7 Å². The molecule has 58 valence electrons. The first-order valence-corrected chi connectivity index (χ1v) is 5.94. The minimum atomic E-state index is 0.833. The van der Waals surface area contributed by atoms with E-state index in [1.54, 1.807) is 0 Å². The number of hydrogen-bond donors (Lipinski definition) is 1. The third kappa shape index (κ3) is 2.47. The molecule has 0 aromatic heterocycles. The summed E-state index contributed by atoms with van der Waals surface area (Å²) in [7, 11) is 0. The second-order valence-corrected chi connectivity index (χ2v) is 5.26. The van der Waals surface area contributed by atoms with Crippen molar-refractivity contribution in [3.8, 4) is 0 Å². The van der Waals surface area contributed by atoms with Gasteiger partial charge in [-0.2, -0.15) is 5.53 Å². The van der Waals surface area contributed by atoms with Crippen LogP contribution in [0.5, 0.6) is 0 Å². The first-order chi connectivity index (χ1) is 5.15. The van der Waals surface area contributed by atoms with Crippen molar-refractivity contribution in [1.29, 1.82) is 0 Å². The highest BCUT2D eigenvalue weighted by molar-refractivity contribution is 14.1. The molecule has 2 N–H and O–H groups in total. The summed E-state index contributed by atoms with van der Waals surface area (Å²) in [6.45, 7) is 0. The van der Waals surface area contributed by atoms with Gasteiger partial charge in [0.15, 0.2) is 0 Å². The Morgan fingerprint density at radius 3 is 1.91 bits per heavy atom. The van der Waals surface area contributed by atoms with Gasteiger partial charge in [0.1, 0.15) is 5.69 Å². The van der Waals surface area contributed by atoms with E-state index in [1.165, 1.54) is 10.7 Å². The predicted octanol–water partition coefficient (Wildman–Crippen LogP) is 2.34. The molecular weight excluding hydrogens is 481 g/mol. The third-order valence-electron chi connectivity index (χ3n) is 1.12. The fraction of sp³-hybridized carbons (Fsp3) is 0.